The number of rotatable bonds is 0. The van der Waals surface area contributed by atoms with E-state index in [0.717, 1.165) is 43.2 Å². The third-order valence-electron chi connectivity index (χ3n) is 11.0. The predicted octanol–water partition coefficient (Wildman–Crippen LogP) is 3.80. The lowest BCUT2D eigenvalue weighted by atomic mass is 10.2. The molecule has 13 heterocycles. The van der Waals surface area contributed by atoms with Gasteiger partial charge in [0.25, 0.3) is 11.8 Å². The van der Waals surface area contributed by atoms with Gasteiger partial charge in [0, 0.05) is 221 Å². The van der Waals surface area contributed by atoms with Crippen LogP contribution in [0.2, 0.25) is 0 Å². The van der Waals surface area contributed by atoms with Crippen LogP contribution in [0.3, 0.4) is 0 Å². The van der Waals surface area contributed by atoms with Gasteiger partial charge in [-0.05, 0) is 37.5 Å². The number of imide groups is 1. The second-order valence-corrected chi connectivity index (χ2v) is 18.9. The molecule has 7 aromatic heterocycles. The lowest BCUT2D eigenvalue weighted by Gasteiger charge is -2.15. The van der Waals surface area contributed by atoms with Crippen LogP contribution in [-0.4, -0.2) is 205 Å². The normalized spacial score (nSPS) is 14.1. The Labute approximate surface area is 516 Å². The fourth-order valence-corrected chi connectivity index (χ4v) is 5.62. The third kappa shape index (κ3) is 39.7. The first kappa shape index (κ1) is 75.2. The highest BCUT2D eigenvalue weighted by atomic mass is 16.2. The molecule has 0 saturated heterocycles. The summed E-state index contributed by atoms with van der Waals surface area (Å²) in [6.07, 6.45) is 53.0. The SMILES string of the molecule is C=C1C=CC=CN1C.C=C1CC=CN1C.CN1C(=O)C=CC1=O.CN1C=CC(=O)CC1.CN1CC=CC1.CN1CC=CC1=O.Cn1ccc(=O)cc1.Cn1cccn1.Cn1ccnc1.Cn1ccnn1.Cn1cncn1.Cn1cnnc1.Cn1nccn1. The Morgan fingerprint density at radius 2 is 1.14 bits per heavy atom. The zero-order valence-corrected chi connectivity index (χ0v) is 53.0. The van der Waals surface area contributed by atoms with E-state index in [0.29, 0.717) is 6.42 Å². The van der Waals surface area contributed by atoms with Crippen LogP contribution in [-0.2, 0) is 68.5 Å². The quantitative estimate of drug-likeness (QED) is 0.154. The van der Waals surface area contributed by atoms with Gasteiger partial charge in [-0.2, -0.15) is 25.2 Å². The summed E-state index contributed by atoms with van der Waals surface area (Å²) in [6, 6.07) is 4.94. The van der Waals surface area contributed by atoms with Crippen molar-refractivity contribution in [3.05, 3.63) is 232 Å². The molecular formula is C60H87N23O5. The average Bonchev–Trinajstić information content (AvgIpc) is 4.45. The van der Waals surface area contributed by atoms with Crippen LogP contribution in [0.15, 0.2) is 227 Å². The molecule has 0 unspecified atom stereocenters. The van der Waals surface area contributed by atoms with Gasteiger partial charge < -0.3 is 33.3 Å². The fourth-order valence-electron chi connectivity index (χ4n) is 5.62. The average molecular weight is 1210 g/mol. The minimum atomic E-state index is -0.241. The van der Waals surface area contributed by atoms with Crippen molar-refractivity contribution in [3.8, 4) is 0 Å². The van der Waals surface area contributed by atoms with Crippen molar-refractivity contribution in [2.24, 2.45) is 49.3 Å². The van der Waals surface area contributed by atoms with Crippen molar-refractivity contribution in [2.75, 3.05) is 68.5 Å². The zero-order valence-electron chi connectivity index (χ0n) is 53.0. The van der Waals surface area contributed by atoms with Crippen molar-refractivity contribution < 1.29 is 19.2 Å². The molecule has 0 saturated carbocycles. The summed E-state index contributed by atoms with van der Waals surface area (Å²) < 4.78 is 10.5. The summed E-state index contributed by atoms with van der Waals surface area (Å²) >= 11 is 0. The molecule has 7 aromatic rings. The van der Waals surface area contributed by atoms with Crippen molar-refractivity contribution in [1.82, 2.24) is 113 Å². The zero-order chi connectivity index (χ0) is 65.5. The Bertz CT molecular complexity index is 2940. The van der Waals surface area contributed by atoms with Crippen molar-refractivity contribution in [1.29, 1.82) is 0 Å². The summed E-state index contributed by atoms with van der Waals surface area (Å²) in [5.74, 6) is -0.131. The topological polar surface area (TPSA) is 268 Å². The number of carbonyl (C=O) groups is 4. The van der Waals surface area contributed by atoms with Crippen molar-refractivity contribution in [2.45, 2.75) is 12.8 Å². The van der Waals surface area contributed by atoms with E-state index in [1.54, 1.807) is 125 Å². The molecule has 472 valence electrons. The number of hydrogen-bond donors (Lipinski definition) is 0. The molecule has 6 aliphatic rings. The van der Waals surface area contributed by atoms with Crippen LogP contribution in [0.5, 0.6) is 0 Å². The van der Waals surface area contributed by atoms with Crippen LogP contribution in [0.1, 0.15) is 12.8 Å². The second-order valence-electron chi connectivity index (χ2n) is 18.9. The number of pyridine rings is 1. The maximum absolute atomic E-state index is 10.5. The number of hydrogen-bond acceptors (Lipinski definition) is 19. The minimum Gasteiger partial charge on any atom is -0.380 e. The number of amides is 3. The molecule has 0 N–H and O–H groups in total. The molecule has 6 aliphatic heterocycles. The molecule has 3 amide bonds. The number of nitrogens with zero attached hydrogens (tertiary/aromatic N) is 23. The molecular weight excluding hydrogens is 1120 g/mol. The van der Waals surface area contributed by atoms with E-state index in [1.807, 2.05) is 149 Å². The highest BCUT2D eigenvalue weighted by Gasteiger charge is 2.17. The van der Waals surface area contributed by atoms with Gasteiger partial charge in [0.05, 0.1) is 24.9 Å². The van der Waals surface area contributed by atoms with Gasteiger partial charge in [0.1, 0.15) is 25.3 Å². The van der Waals surface area contributed by atoms with Crippen molar-refractivity contribution in [3.63, 3.8) is 0 Å². The van der Waals surface area contributed by atoms with E-state index < -0.39 is 0 Å². The summed E-state index contributed by atoms with van der Waals surface area (Å²) in [5.41, 5.74) is 2.27. The smallest absolute Gasteiger partial charge is 0.253 e. The number of aryl methyl sites for hydroxylation is 7. The van der Waals surface area contributed by atoms with Gasteiger partial charge in [-0.15, -0.1) is 15.3 Å². The number of aromatic nitrogens is 17. The number of ketones is 1. The van der Waals surface area contributed by atoms with E-state index in [-0.39, 0.29) is 28.9 Å². The van der Waals surface area contributed by atoms with Gasteiger partial charge in [0.2, 0.25) is 5.91 Å². The van der Waals surface area contributed by atoms with Gasteiger partial charge in [0.15, 0.2) is 11.2 Å². The van der Waals surface area contributed by atoms with Crippen LogP contribution in [0, 0.1) is 0 Å². The Kier molecular flexibility index (Phi) is 39.0. The monoisotopic (exact) mass is 1210 g/mol. The highest BCUT2D eigenvalue weighted by Crippen LogP contribution is 2.12. The Balaban J connectivity index is 0.000000477. The van der Waals surface area contributed by atoms with E-state index in [4.69, 9.17) is 0 Å². The standard InChI is InChI=1S/C7H9N.C6H9NO.C6H7NO.C6H9N.C5H5NO2.C5H7NO.C5H9N.2C4H6N2.4C3H5N3/c1-7-5-3-4-6-8(7)2;2*1-7-4-2-6(8)3-5-7;1-6-4-3-5-7(6)2;1-6-4(7)2-3-5(6)8;1-6-4-2-3-5(6)7;1-6-4-2-3-5-6;1-6-3-2-5-4-6;1-6-4-2-3-5-6;1-6-2-4-5-3-6;1-6-3-4-2-5-6;1-6-3-2-4-5-6;1-6-4-2-3-5-6/h3-6H,1H2,2H3;2,4H,3,5H2,1H3;2-5H,1H3;3,5H,1,4H2,2H3;2-3H,1H3;2-3H,4H2,1H3;2-3H,4-5H2,1H3;2*2-4H,1H3;4*2-3H,1H3. The van der Waals surface area contributed by atoms with Crippen LogP contribution in [0.4, 0.5) is 0 Å². The number of allylic oxidation sites excluding steroid dienone is 5. The largest absolute Gasteiger partial charge is 0.380 e. The molecule has 28 heteroatoms. The molecule has 13 rings (SSSR count). The van der Waals surface area contributed by atoms with Gasteiger partial charge >= 0.3 is 0 Å². The van der Waals surface area contributed by atoms with Gasteiger partial charge in [-0.1, -0.05) is 48.8 Å². The first-order valence-electron chi connectivity index (χ1n) is 27.1. The minimum absolute atomic E-state index is 0.0584. The van der Waals surface area contributed by atoms with E-state index in [1.165, 1.54) is 48.2 Å². The lowest BCUT2D eigenvalue weighted by Crippen LogP contribution is -2.24. The fraction of sp³-hybridized carbons (Fsp3) is 0.317. The molecule has 0 atom stereocenters. The number of imidazole rings is 1. The first-order valence-corrected chi connectivity index (χ1v) is 27.1. The second kappa shape index (κ2) is 45.6. The summed E-state index contributed by atoms with van der Waals surface area (Å²) in [6.45, 7) is 11.5. The molecule has 0 fully saturated rings. The van der Waals surface area contributed by atoms with Crippen LogP contribution >= 0.6 is 0 Å². The lowest BCUT2D eigenvalue weighted by molar-refractivity contribution is -0.135. The van der Waals surface area contributed by atoms with Gasteiger partial charge in [-0.25, -0.2) is 9.97 Å². The van der Waals surface area contributed by atoms with E-state index in [2.05, 4.69) is 94.2 Å². The Morgan fingerprint density at radius 1 is 0.477 bits per heavy atom. The summed E-state index contributed by atoms with van der Waals surface area (Å²) in [4.78, 5) is 72.0. The maximum Gasteiger partial charge on any atom is 0.253 e. The first-order chi connectivity index (χ1) is 42.0. The summed E-state index contributed by atoms with van der Waals surface area (Å²) in [5, 5.41) is 29.2. The molecule has 0 radical (unpaired) electrons. The molecule has 0 aromatic carbocycles. The Morgan fingerprint density at radius 3 is 1.35 bits per heavy atom. The van der Waals surface area contributed by atoms with Gasteiger partial charge in [-0.3, -0.25) is 47.8 Å². The Hall–Kier alpha value is -10.8. The molecule has 0 aliphatic carbocycles. The van der Waals surface area contributed by atoms with Crippen molar-refractivity contribution >= 4 is 23.5 Å². The van der Waals surface area contributed by atoms with E-state index in [9.17, 15) is 24.0 Å². The summed E-state index contributed by atoms with van der Waals surface area (Å²) in [7, 11) is 24.3. The highest BCUT2D eigenvalue weighted by molar-refractivity contribution is 6.12. The molecule has 88 heavy (non-hydrogen) atoms. The predicted molar refractivity (Wildman–Crippen MR) is 340 cm³/mol. The van der Waals surface area contributed by atoms with Crippen LogP contribution < -0.4 is 5.43 Å². The third-order valence-corrected chi connectivity index (χ3v) is 11.0. The molecule has 0 bridgehead atoms. The molecule has 28 nitrogen and oxygen atoms in total. The van der Waals surface area contributed by atoms with Crippen LogP contribution in [0.25, 0.3) is 0 Å². The number of carbonyl (C=O) groups excluding carboxylic acids is 4. The number of likely N-dealkylation sites (N-methyl/N-ethyl adjacent to an activating group) is 4. The maximum atomic E-state index is 10.5. The molecule has 0 spiro atoms. The van der Waals surface area contributed by atoms with E-state index >= 15 is 0 Å².